The smallest absolute Gasteiger partial charge is 0.196 e. The van der Waals surface area contributed by atoms with Gasteiger partial charge in [0.05, 0.1) is 12.6 Å². The van der Waals surface area contributed by atoms with Crippen LogP contribution in [0.3, 0.4) is 0 Å². The van der Waals surface area contributed by atoms with Crippen LogP contribution in [0.4, 0.5) is 14.5 Å². The van der Waals surface area contributed by atoms with Crippen LogP contribution >= 0.6 is 0 Å². The fourth-order valence-corrected chi connectivity index (χ4v) is 2.49. The highest BCUT2D eigenvalue weighted by molar-refractivity contribution is 5.97. The second-order valence-electron chi connectivity index (χ2n) is 5.09. The molecule has 2 aromatic carbocycles. The van der Waals surface area contributed by atoms with E-state index in [-0.39, 0.29) is 6.04 Å². The molecule has 1 heterocycles. The molecular formula is C16H15F2N3. The Bertz CT molecular complexity index is 695. The van der Waals surface area contributed by atoms with Crippen molar-refractivity contribution in [3.8, 4) is 0 Å². The number of guanidine groups is 1. The fourth-order valence-electron chi connectivity index (χ4n) is 2.49. The molecule has 0 radical (unpaired) electrons. The van der Waals surface area contributed by atoms with Gasteiger partial charge in [-0.15, -0.1) is 0 Å². The summed E-state index contributed by atoms with van der Waals surface area (Å²) in [7, 11) is 0. The Kier molecular flexibility index (Phi) is 3.33. The number of hydrogen-bond donors (Lipinski definition) is 1. The lowest BCUT2D eigenvalue weighted by Crippen LogP contribution is -2.36. The second kappa shape index (κ2) is 5.16. The highest BCUT2D eigenvalue weighted by atomic mass is 19.2. The molecule has 2 N–H and O–H groups in total. The molecule has 1 atom stereocenters. The number of halogens is 2. The summed E-state index contributed by atoms with van der Waals surface area (Å²) in [4.78, 5) is 6.07. The number of benzene rings is 2. The Morgan fingerprint density at radius 3 is 2.48 bits per heavy atom. The highest BCUT2D eigenvalue weighted by Crippen LogP contribution is 2.31. The van der Waals surface area contributed by atoms with Crippen LogP contribution in [-0.2, 0) is 0 Å². The van der Waals surface area contributed by atoms with Crippen LogP contribution < -0.4 is 10.6 Å². The van der Waals surface area contributed by atoms with Gasteiger partial charge in [-0.3, -0.25) is 4.99 Å². The van der Waals surface area contributed by atoms with Crippen molar-refractivity contribution in [1.29, 1.82) is 0 Å². The van der Waals surface area contributed by atoms with Gasteiger partial charge in [-0.25, -0.2) is 8.78 Å². The molecule has 0 saturated heterocycles. The van der Waals surface area contributed by atoms with Gasteiger partial charge in [-0.05, 0) is 36.8 Å². The van der Waals surface area contributed by atoms with Crippen LogP contribution in [0.15, 0.2) is 47.5 Å². The van der Waals surface area contributed by atoms with E-state index >= 15 is 0 Å². The first-order valence-corrected chi connectivity index (χ1v) is 6.67. The summed E-state index contributed by atoms with van der Waals surface area (Å²) in [6, 6.07) is 11.5. The molecule has 0 fully saturated rings. The SMILES string of the molecule is Cc1ccc(N2C(N)=NCC2c2ccc(F)c(F)c2)cc1. The van der Waals surface area contributed by atoms with Gasteiger partial charge in [0.1, 0.15) is 0 Å². The van der Waals surface area contributed by atoms with Gasteiger partial charge in [0, 0.05) is 5.69 Å². The summed E-state index contributed by atoms with van der Waals surface area (Å²) in [6.07, 6.45) is 0. The van der Waals surface area contributed by atoms with Crippen molar-refractivity contribution in [2.75, 3.05) is 11.4 Å². The molecule has 0 spiro atoms. The van der Waals surface area contributed by atoms with E-state index in [0.717, 1.165) is 17.3 Å². The van der Waals surface area contributed by atoms with Crippen LogP contribution in [0.5, 0.6) is 0 Å². The topological polar surface area (TPSA) is 41.6 Å². The number of aryl methyl sites for hydroxylation is 1. The van der Waals surface area contributed by atoms with Gasteiger partial charge in [0.15, 0.2) is 17.6 Å². The first-order chi connectivity index (χ1) is 10.1. The quantitative estimate of drug-likeness (QED) is 0.922. The lowest BCUT2D eigenvalue weighted by atomic mass is 10.0. The number of nitrogens with two attached hydrogens (primary N) is 1. The van der Waals surface area contributed by atoms with Crippen LogP contribution in [0, 0.1) is 18.6 Å². The average molecular weight is 287 g/mol. The number of hydrogen-bond acceptors (Lipinski definition) is 3. The molecule has 0 amide bonds. The number of anilines is 1. The molecule has 1 unspecified atom stereocenters. The summed E-state index contributed by atoms with van der Waals surface area (Å²) in [5.41, 5.74) is 8.62. The van der Waals surface area contributed by atoms with E-state index in [2.05, 4.69) is 4.99 Å². The Morgan fingerprint density at radius 2 is 1.81 bits per heavy atom. The molecule has 2 aromatic rings. The minimum Gasteiger partial charge on any atom is -0.369 e. The Morgan fingerprint density at radius 1 is 1.10 bits per heavy atom. The normalized spacial score (nSPS) is 18.0. The third-order valence-electron chi connectivity index (χ3n) is 3.63. The predicted octanol–water partition coefficient (Wildman–Crippen LogP) is 3.15. The Balaban J connectivity index is 1.98. The van der Waals surface area contributed by atoms with Crippen molar-refractivity contribution in [3.63, 3.8) is 0 Å². The summed E-state index contributed by atoms with van der Waals surface area (Å²) < 4.78 is 26.5. The second-order valence-corrected chi connectivity index (χ2v) is 5.09. The summed E-state index contributed by atoms with van der Waals surface area (Å²) >= 11 is 0. The molecule has 108 valence electrons. The van der Waals surface area contributed by atoms with E-state index < -0.39 is 11.6 Å². The third-order valence-corrected chi connectivity index (χ3v) is 3.63. The molecule has 1 aliphatic heterocycles. The van der Waals surface area contributed by atoms with Gasteiger partial charge >= 0.3 is 0 Å². The standard InChI is InChI=1S/C16H15F2N3/c1-10-2-5-12(6-3-10)21-15(9-20-16(21)19)11-4-7-13(17)14(18)8-11/h2-8,15H,9H2,1H3,(H2,19,20). The van der Waals surface area contributed by atoms with Crippen LogP contribution in [0.25, 0.3) is 0 Å². The lowest BCUT2D eigenvalue weighted by molar-refractivity contribution is 0.505. The zero-order valence-electron chi connectivity index (χ0n) is 11.6. The van der Waals surface area contributed by atoms with E-state index in [9.17, 15) is 8.78 Å². The van der Waals surface area contributed by atoms with Crippen molar-refractivity contribution in [1.82, 2.24) is 0 Å². The van der Waals surface area contributed by atoms with Crippen molar-refractivity contribution < 1.29 is 8.78 Å². The monoisotopic (exact) mass is 287 g/mol. The number of aliphatic imine (C=N–C) groups is 1. The van der Waals surface area contributed by atoms with E-state index in [0.29, 0.717) is 18.1 Å². The average Bonchev–Trinajstić information content (AvgIpc) is 2.85. The maximum Gasteiger partial charge on any atom is 0.196 e. The molecule has 0 aliphatic carbocycles. The van der Waals surface area contributed by atoms with Crippen molar-refractivity contribution in [3.05, 3.63) is 65.2 Å². The number of rotatable bonds is 2. The van der Waals surface area contributed by atoms with Gasteiger partial charge in [0.2, 0.25) is 0 Å². The minimum absolute atomic E-state index is 0.220. The first kappa shape index (κ1) is 13.5. The van der Waals surface area contributed by atoms with E-state index in [1.807, 2.05) is 36.1 Å². The zero-order chi connectivity index (χ0) is 15.0. The van der Waals surface area contributed by atoms with Gasteiger partial charge in [0.25, 0.3) is 0 Å². The van der Waals surface area contributed by atoms with E-state index in [4.69, 9.17) is 5.73 Å². The molecule has 0 aromatic heterocycles. The third kappa shape index (κ3) is 2.46. The zero-order valence-corrected chi connectivity index (χ0v) is 11.6. The predicted molar refractivity (Wildman–Crippen MR) is 79.2 cm³/mol. The largest absolute Gasteiger partial charge is 0.369 e. The first-order valence-electron chi connectivity index (χ1n) is 6.67. The molecule has 21 heavy (non-hydrogen) atoms. The minimum atomic E-state index is -0.859. The molecular weight excluding hydrogens is 272 g/mol. The van der Waals surface area contributed by atoms with Crippen molar-refractivity contribution >= 4 is 11.6 Å². The molecule has 0 saturated carbocycles. The summed E-state index contributed by atoms with van der Waals surface area (Å²) in [6.45, 7) is 2.42. The van der Waals surface area contributed by atoms with Crippen LogP contribution in [-0.4, -0.2) is 12.5 Å². The highest BCUT2D eigenvalue weighted by Gasteiger charge is 2.29. The van der Waals surface area contributed by atoms with Gasteiger partial charge in [-0.2, -0.15) is 0 Å². The van der Waals surface area contributed by atoms with E-state index in [1.54, 1.807) is 6.07 Å². The van der Waals surface area contributed by atoms with Crippen molar-refractivity contribution in [2.24, 2.45) is 10.7 Å². The van der Waals surface area contributed by atoms with Gasteiger partial charge < -0.3 is 10.6 Å². The maximum absolute atomic E-state index is 13.5. The summed E-state index contributed by atoms with van der Waals surface area (Å²) in [5, 5.41) is 0. The van der Waals surface area contributed by atoms with Crippen molar-refractivity contribution in [2.45, 2.75) is 13.0 Å². The Labute approximate surface area is 121 Å². The molecule has 0 bridgehead atoms. The van der Waals surface area contributed by atoms with Gasteiger partial charge in [-0.1, -0.05) is 23.8 Å². The van der Waals surface area contributed by atoms with E-state index in [1.165, 1.54) is 6.07 Å². The molecule has 3 rings (SSSR count). The molecule has 1 aliphatic rings. The summed E-state index contributed by atoms with van der Waals surface area (Å²) in [5.74, 6) is -1.33. The van der Waals surface area contributed by atoms with Crippen LogP contribution in [0.2, 0.25) is 0 Å². The van der Waals surface area contributed by atoms with Crippen LogP contribution in [0.1, 0.15) is 17.2 Å². The molecule has 5 heteroatoms. The number of nitrogens with zero attached hydrogens (tertiary/aromatic N) is 2. The fraction of sp³-hybridized carbons (Fsp3) is 0.188. The lowest BCUT2D eigenvalue weighted by Gasteiger charge is -2.26. The maximum atomic E-state index is 13.5. The molecule has 3 nitrogen and oxygen atoms in total. The Hall–Kier alpha value is -2.43.